The first-order valence-corrected chi connectivity index (χ1v) is 7.23. The normalized spacial score (nSPS) is 11.3. The third-order valence-electron chi connectivity index (χ3n) is 2.86. The van der Waals surface area contributed by atoms with Crippen LogP contribution in [0.3, 0.4) is 0 Å². The van der Waals surface area contributed by atoms with Crippen molar-refractivity contribution in [1.82, 2.24) is 0 Å². The smallest absolute Gasteiger partial charge is 0.416 e. The molecule has 0 aliphatic heterocycles. The Balaban J connectivity index is 2.56. The molecule has 0 radical (unpaired) electrons. The Morgan fingerprint density at radius 3 is 2.58 bits per heavy atom. The molecule has 0 aliphatic rings. The molecule has 7 nitrogen and oxygen atoms in total. The van der Waals surface area contributed by atoms with Gasteiger partial charge in [-0.05, 0) is 25.1 Å². The molecule has 0 fully saturated rings. The molecule has 1 aromatic carbocycles. The molecular formula is C13H9F3N2O5S. The summed E-state index contributed by atoms with van der Waals surface area (Å²) >= 11 is 0.585. The van der Waals surface area contributed by atoms with Gasteiger partial charge in [-0.1, -0.05) is 11.3 Å². The van der Waals surface area contributed by atoms with Crippen molar-refractivity contribution in [3.63, 3.8) is 0 Å². The number of nitrogens with zero attached hydrogens (tertiary/aromatic N) is 1. The average Bonchev–Trinajstić information content (AvgIpc) is 2.85. The van der Waals surface area contributed by atoms with Crippen LogP contribution in [-0.2, 0) is 20.5 Å². The van der Waals surface area contributed by atoms with Crippen molar-refractivity contribution in [2.24, 2.45) is 0 Å². The first kappa shape index (κ1) is 17.7. The van der Waals surface area contributed by atoms with E-state index in [2.05, 4.69) is 4.74 Å². The van der Waals surface area contributed by atoms with Crippen molar-refractivity contribution in [3.05, 3.63) is 33.9 Å². The number of ether oxygens (including phenoxy) is 1. The molecular weight excluding hydrogens is 353 g/mol. The van der Waals surface area contributed by atoms with Crippen LogP contribution in [0.2, 0.25) is 0 Å². The Bertz CT molecular complexity index is 831. The highest BCUT2D eigenvalue weighted by Gasteiger charge is 2.33. The molecule has 24 heavy (non-hydrogen) atoms. The van der Waals surface area contributed by atoms with Crippen molar-refractivity contribution in [3.8, 4) is 0 Å². The second-order valence-electron chi connectivity index (χ2n) is 4.42. The number of rotatable bonds is 3. The molecule has 128 valence electrons. The molecule has 2 rings (SSSR count). The van der Waals surface area contributed by atoms with E-state index >= 15 is 0 Å². The molecule has 1 N–H and O–H groups in total. The number of hydrogen-bond donors (Lipinski definition) is 1. The number of nitro groups is 1. The number of fused-ring (bicyclic) bond motifs is 1. The molecule has 1 amide bonds. The minimum atomic E-state index is -4.66. The number of thiophene rings is 1. The molecule has 0 saturated heterocycles. The van der Waals surface area contributed by atoms with E-state index in [4.69, 9.17) is 0 Å². The van der Waals surface area contributed by atoms with Gasteiger partial charge in [0.15, 0.2) is 0 Å². The lowest BCUT2D eigenvalue weighted by Crippen LogP contribution is -2.25. The fourth-order valence-electron chi connectivity index (χ4n) is 1.87. The molecule has 0 saturated carbocycles. The summed E-state index contributed by atoms with van der Waals surface area (Å²) < 4.78 is 43.0. The third-order valence-corrected chi connectivity index (χ3v) is 3.98. The fraction of sp³-hybridized carbons (Fsp3) is 0.231. The summed E-state index contributed by atoms with van der Waals surface area (Å²) in [4.78, 5) is 33.2. The number of nitrogens with one attached hydrogen (secondary N) is 1. The van der Waals surface area contributed by atoms with Crippen molar-refractivity contribution in [2.75, 3.05) is 11.9 Å². The lowest BCUT2D eigenvalue weighted by atomic mass is 10.1. The Morgan fingerprint density at radius 2 is 2.04 bits per heavy atom. The Labute approximate surface area is 136 Å². The van der Waals surface area contributed by atoms with E-state index in [9.17, 15) is 32.9 Å². The number of carbonyl (C=O) groups is 2. The number of hydrogen-bond acceptors (Lipinski definition) is 6. The molecule has 0 spiro atoms. The average molecular weight is 362 g/mol. The van der Waals surface area contributed by atoms with Crippen LogP contribution in [0.15, 0.2) is 18.2 Å². The monoisotopic (exact) mass is 362 g/mol. The highest BCUT2D eigenvalue weighted by Crippen LogP contribution is 2.43. The summed E-state index contributed by atoms with van der Waals surface area (Å²) in [6, 6.07) is 2.52. The van der Waals surface area contributed by atoms with E-state index < -0.39 is 39.2 Å². The van der Waals surface area contributed by atoms with E-state index in [1.165, 1.54) is 6.92 Å². The van der Waals surface area contributed by atoms with Crippen molar-refractivity contribution < 1.29 is 32.4 Å². The maximum Gasteiger partial charge on any atom is 0.416 e. The van der Waals surface area contributed by atoms with E-state index in [-0.39, 0.29) is 16.7 Å². The maximum atomic E-state index is 12.8. The van der Waals surface area contributed by atoms with Gasteiger partial charge < -0.3 is 10.1 Å². The minimum Gasteiger partial charge on any atom is -0.459 e. The largest absolute Gasteiger partial charge is 0.459 e. The number of carbonyl (C=O) groups excluding carboxylic acids is 2. The van der Waals surface area contributed by atoms with E-state index in [1.54, 1.807) is 0 Å². The summed E-state index contributed by atoms with van der Waals surface area (Å²) in [6.07, 6.45) is -4.66. The SMILES string of the molecule is CCOC(=O)C(=O)Nc1c([N+](=O)[O-])sc2ccc(C(F)(F)F)cc12. The number of amides is 1. The maximum absolute atomic E-state index is 12.8. The first-order chi connectivity index (χ1) is 11.1. The highest BCUT2D eigenvalue weighted by molar-refractivity contribution is 7.23. The van der Waals surface area contributed by atoms with Crippen LogP contribution in [0.25, 0.3) is 10.1 Å². The Kier molecular flexibility index (Phi) is 4.73. The zero-order valence-corrected chi connectivity index (χ0v) is 12.8. The summed E-state index contributed by atoms with van der Waals surface area (Å²) in [5.41, 5.74) is -1.50. The standard InChI is InChI=1S/C13H9F3N2O5S/c1-2-23-12(20)10(19)17-9-7-5-6(13(14,15)16)3-4-8(7)24-11(9)18(21)22/h3-5H,2H2,1H3,(H,17,19). The topological polar surface area (TPSA) is 98.5 Å². The molecule has 2 aromatic rings. The Morgan fingerprint density at radius 1 is 1.38 bits per heavy atom. The molecule has 0 unspecified atom stereocenters. The molecule has 0 atom stereocenters. The van der Waals surface area contributed by atoms with Gasteiger partial charge in [-0.25, -0.2) is 4.79 Å². The predicted octanol–water partition coefficient (Wildman–Crippen LogP) is 3.33. The van der Waals surface area contributed by atoms with Gasteiger partial charge in [0.1, 0.15) is 5.69 Å². The highest BCUT2D eigenvalue weighted by atomic mass is 32.1. The molecule has 0 bridgehead atoms. The first-order valence-electron chi connectivity index (χ1n) is 6.41. The zero-order valence-electron chi connectivity index (χ0n) is 12.0. The quantitative estimate of drug-likeness (QED) is 0.391. The van der Waals surface area contributed by atoms with Crippen LogP contribution in [0.4, 0.5) is 23.9 Å². The van der Waals surface area contributed by atoms with Gasteiger partial charge in [0, 0.05) is 10.1 Å². The summed E-state index contributed by atoms with van der Waals surface area (Å²) in [6.45, 7) is 1.35. The molecule has 0 aliphatic carbocycles. The predicted molar refractivity (Wildman–Crippen MR) is 78.7 cm³/mol. The van der Waals surface area contributed by atoms with Crippen LogP contribution in [0.5, 0.6) is 0 Å². The van der Waals surface area contributed by atoms with Crippen LogP contribution < -0.4 is 5.32 Å². The third kappa shape index (κ3) is 3.45. The van der Waals surface area contributed by atoms with Crippen molar-refractivity contribution in [1.29, 1.82) is 0 Å². The summed E-state index contributed by atoms with van der Waals surface area (Å²) in [5, 5.41) is 12.3. The number of anilines is 1. The van der Waals surface area contributed by atoms with Gasteiger partial charge in [-0.15, -0.1) is 0 Å². The fourth-order valence-corrected chi connectivity index (χ4v) is 2.82. The van der Waals surface area contributed by atoms with Crippen LogP contribution in [0, 0.1) is 10.1 Å². The second kappa shape index (κ2) is 6.43. The van der Waals surface area contributed by atoms with Gasteiger partial charge in [0.05, 0.1) is 17.1 Å². The lowest BCUT2D eigenvalue weighted by molar-refractivity contribution is -0.379. The minimum absolute atomic E-state index is 0.100. The number of alkyl halides is 3. The van der Waals surface area contributed by atoms with Crippen LogP contribution in [-0.4, -0.2) is 23.4 Å². The summed E-state index contributed by atoms with van der Waals surface area (Å²) in [7, 11) is 0. The van der Waals surface area contributed by atoms with Gasteiger partial charge in [0.25, 0.3) is 0 Å². The van der Waals surface area contributed by atoms with E-state index in [1.807, 2.05) is 5.32 Å². The van der Waals surface area contributed by atoms with Gasteiger partial charge >= 0.3 is 23.1 Å². The second-order valence-corrected chi connectivity index (χ2v) is 5.45. The summed E-state index contributed by atoms with van der Waals surface area (Å²) in [5.74, 6) is -2.60. The van der Waals surface area contributed by atoms with Gasteiger partial charge in [-0.2, -0.15) is 13.2 Å². The number of esters is 1. The number of halogens is 3. The molecule has 11 heteroatoms. The zero-order chi connectivity index (χ0) is 18.1. The lowest BCUT2D eigenvalue weighted by Gasteiger charge is -2.07. The van der Waals surface area contributed by atoms with E-state index in [0.717, 1.165) is 12.1 Å². The van der Waals surface area contributed by atoms with Crippen LogP contribution in [0.1, 0.15) is 12.5 Å². The molecule has 1 heterocycles. The van der Waals surface area contributed by atoms with Gasteiger partial charge in [-0.3, -0.25) is 14.9 Å². The van der Waals surface area contributed by atoms with Crippen LogP contribution >= 0.6 is 11.3 Å². The Hall–Kier alpha value is -2.69. The van der Waals surface area contributed by atoms with Crippen molar-refractivity contribution in [2.45, 2.75) is 13.1 Å². The molecule has 1 aromatic heterocycles. The van der Waals surface area contributed by atoms with E-state index in [0.29, 0.717) is 17.4 Å². The number of benzene rings is 1. The van der Waals surface area contributed by atoms with Crippen molar-refractivity contribution >= 4 is 44.0 Å². The van der Waals surface area contributed by atoms with Gasteiger partial charge in [0.2, 0.25) is 0 Å².